The number of hydrogen-bond donors (Lipinski definition) is 2. The van der Waals surface area contributed by atoms with Crippen molar-refractivity contribution in [2.45, 2.75) is 12.5 Å². The Labute approximate surface area is 63.3 Å². The molecule has 0 bridgehead atoms. The summed E-state index contributed by atoms with van der Waals surface area (Å²) in [5, 5.41) is 18.0. The van der Waals surface area contributed by atoms with Crippen molar-refractivity contribution in [3.05, 3.63) is 12.2 Å². The molecule has 0 saturated heterocycles. The third-order valence-corrected chi connectivity index (χ3v) is 1.33. The maximum atomic E-state index is 8.95. The van der Waals surface area contributed by atoms with Crippen LogP contribution in [-0.2, 0) is 0 Å². The molecule has 0 aliphatic rings. The van der Waals surface area contributed by atoms with Crippen LogP contribution in [0.25, 0.3) is 0 Å². The van der Waals surface area contributed by atoms with E-state index in [0.717, 1.165) is 5.33 Å². The van der Waals surface area contributed by atoms with E-state index in [1.807, 2.05) is 0 Å². The molecule has 1 atom stereocenters. The summed E-state index contributed by atoms with van der Waals surface area (Å²) in [5.41, 5.74) is 0. The van der Waals surface area contributed by atoms with Crippen LogP contribution in [0.1, 0.15) is 6.42 Å². The Morgan fingerprint density at radius 1 is 1.56 bits per heavy atom. The van der Waals surface area contributed by atoms with Gasteiger partial charge in [0.15, 0.2) is 0 Å². The molecule has 0 unspecified atom stereocenters. The van der Waals surface area contributed by atoms with Crippen molar-refractivity contribution in [1.29, 1.82) is 0 Å². The van der Waals surface area contributed by atoms with Gasteiger partial charge in [0.2, 0.25) is 0 Å². The number of rotatable bonds is 4. The van der Waals surface area contributed by atoms with Gasteiger partial charge in [0.25, 0.3) is 0 Å². The zero-order valence-corrected chi connectivity index (χ0v) is 6.71. The molecule has 0 saturated carbocycles. The van der Waals surface area contributed by atoms with Gasteiger partial charge in [0.1, 0.15) is 0 Å². The van der Waals surface area contributed by atoms with Crippen molar-refractivity contribution in [1.82, 2.24) is 0 Å². The molecule has 0 spiro atoms. The highest BCUT2D eigenvalue weighted by molar-refractivity contribution is 9.09. The van der Waals surface area contributed by atoms with E-state index in [-0.39, 0.29) is 6.61 Å². The Morgan fingerprint density at radius 2 is 2.22 bits per heavy atom. The minimum absolute atomic E-state index is 0.000649. The Morgan fingerprint density at radius 3 is 2.67 bits per heavy atom. The number of hydrogen-bond acceptors (Lipinski definition) is 2. The SMILES string of the molecule is OC/C=C/[C@H](O)CCBr. The number of aliphatic hydroxyl groups is 2. The first-order valence-electron chi connectivity index (χ1n) is 2.82. The van der Waals surface area contributed by atoms with E-state index >= 15 is 0 Å². The number of halogens is 1. The second kappa shape index (κ2) is 6.26. The van der Waals surface area contributed by atoms with Crippen molar-refractivity contribution in [2.24, 2.45) is 0 Å². The van der Waals surface area contributed by atoms with Crippen molar-refractivity contribution < 1.29 is 10.2 Å². The zero-order valence-electron chi connectivity index (χ0n) is 5.13. The summed E-state index contributed by atoms with van der Waals surface area (Å²) in [4.78, 5) is 0. The first-order valence-corrected chi connectivity index (χ1v) is 3.95. The molecule has 9 heavy (non-hydrogen) atoms. The minimum atomic E-state index is -0.420. The van der Waals surface area contributed by atoms with E-state index in [9.17, 15) is 0 Å². The van der Waals surface area contributed by atoms with E-state index in [4.69, 9.17) is 10.2 Å². The van der Waals surface area contributed by atoms with Gasteiger partial charge >= 0.3 is 0 Å². The van der Waals surface area contributed by atoms with Crippen LogP contribution in [0.15, 0.2) is 12.2 Å². The lowest BCUT2D eigenvalue weighted by Crippen LogP contribution is -2.01. The predicted octanol–water partition coefficient (Wildman–Crippen LogP) is 0.681. The molecule has 0 heterocycles. The van der Waals surface area contributed by atoms with Crippen LogP contribution in [0.2, 0.25) is 0 Å². The lowest BCUT2D eigenvalue weighted by Gasteiger charge is -1.99. The van der Waals surface area contributed by atoms with Crippen LogP contribution < -0.4 is 0 Å². The van der Waals surface area contributed by atoms with E-state index < -0.39 is 6.10 Å². The standard InChI is InChI=1S/C6H11BrO2/c7-4-3-6(9)2-1-5-8/h1-2,6,8-9H,3-5H2/b2-1+/t6-/m0/s1. The van der Waals surface area contributed by atoms with Gasteiger partial charge in [-0.3, -0.25) is 0 Å². The van der Waals surface area contributed by atoms with Crippen LogP contribution in [0.5, 0.6) is 0 Å². The summed E-state index contributed by atoms with van der Waals surface area (Å²) < 4.78 is 0. The van der Waals surface area contributed by atoms with Crippen LogP contribution in [0, 0.1) is 0 Å². The van der Waals surface area contributed by atoms with Crippen molar-refractivity contribution in [3.63, 3.8) is 0 Å². The molecule has 2 N–H and O–H groups in total. The van der Waals surface area contributed by atoms with Gasteiger partial charge < -0.3 is 10.2 Å². The normalized spacial score (nSPS) is 14.6. The molecule has 0 aliphatic carbocycles. The van der Waals surface area contributed by atoms with Gasteiger partial charge in [-0.15, -0.1) is 0 Å². The van der Waals surface area contributed by atoms with Crippen molar-refractivity contribution in [3.8, 4) is 0 Å². The molecule has 0 rings (SSSR count). The monoisotopic (exact) mass is 194 g/mol. The average Bonchev–Trinajstić information content (AvgIpc) is 1.85. The second-order valence-corrected chi connectivity index (χ2v) is 2.45. The second-order valence-electron chi connectivity index (χ2n) is 1.66. The van der Waals surface area contributed by atoms with E-state index in [1.165, 1.54) is 6.08 Å². The van der Waals surface area contributed by atoms with Gasteiger partial charge in [-0.1, -0.05) is 28.1 Å². The number of alkyl halides is 1. The van der Waals surface area contributed by atoms with Crippen molar-refractivity contribution in [2.75, 3.05) is 11.9 Å². The van der Waals surface area contributed by atoms with Gasteiger partial charge in [-0.05, 0) is 6.42 Å². The summed E-state index contributed by atoms with van der Waals surface area (Å²) >= 11 is 3.19. The fraction of sp³-hybridized carbons (Fsp3) is 0.667. The van der Waals surface area contributed by atoms with Gasteiger partial charge in [0, 0.05) is 5.33 Å². The van der Waals surface area contributed by atoms with E-state index in [0.29, 0.717) is 6.42 Å². The first kappa shape index (κ1) is 9.14. The molecule has 0 aliphatic heterocycles. The minimum Gasteiger partial charge on any atom is -0.392 e. The summed E-state index contributed by atoms with van der Waals surface area (Å²) in [5.74, 6) is 0. The Bertz CT molecular complexity index is 83.1. The fourth-order valence-corrected chi connectivity index (χ4v) is 0.895. The molecule has 3 heteroatoms. The molecule has 0 amide bonds. The van der Waals surface area contributed by atoms with Gasteiger partial charge in [-0.2, -0.15) is 0 Å². The van der Waals surface area contributed by atoms with Gasteiger partial charge in [-0.25, -0.2) is 0 Å². The summed E-state index contributed by atoms with van der Waals surface area (Å²) in [6.07, 6.45) is 3.39. The van der Waals surface area contributed by atoms with E-state index in [1.54, 1.807) is 6.08 Å². The number of aliphatic hydroxyl groups excluding tert-OH is 2. The van der Waals surface area contributed by atoms with Gasteiger partial charge in [0.05, 0.1) is 12.7 Å². The molecule has 2 nitrogen and oxygen atoms in total. The zero-order chi connectivity index (χ0) is 7.11. The molecule has 0 fully saturated rings. The smallest absolute Gasteiger partial charge is 0.0729 e. The molecule has 0 radical (unpaired) electrons. The molecule has 0 aromatic rings. The highest BCUT2D eigenvalue weighted by Gasteiger charge is 1.93. The largest absolute Gasteiger partial charge is 0.392 e. The van der Waals surface area contributed by atoms with Crippen LogP contribution >= 0.6 is 15.9 Å². The summed E-state index contributed by atoms with van der Waals surface area (Å²) in [6.45, 7) is -0.000649. The summed E-state index contributed by atoms with van der Waals surface area (Å²) in [7, 11) is 0. The average molecular weight is 195 g/mol. The Kier molecular flexibility index (Phi) is 6.36. The maximum absolute atomic E-state index is 8.95. The molecule has 0 aromatic heterocycles. The Balaban J connectivity index is 3.25. The van der Waals surface area contributed by atoms with Crippen LogP contribution in [-0.4, -0.2) is 28.3 Å². The third-order valence-electron chi connectivity index (χ3n) is 0.869. The first-order chi connectivity index (χ1) is 4.31. The van der Waals surface area contributed by atoms with Crippen molar-refractivity contribution >= 4 is 15.9 Å². The van der Waals surface area contributed by atoms with Crippen LogP contribution in [0.3, 0.4) is 0 Å². The molecular formula is C6H11BrO2. The predicted molar refractivity (Wildman–Crippen MR) is 40.6 cm³/mol. The lowest BCUT2D eigenvalue weighted by atomic mass is 10.2. The fourth-order valence-electron chi connectivity index (χ4n) is 0.426. The molecule has 54 valence electrons. The third kappa shape index (κ3) is 6.02. The molecule has 0 aromatic carbocycles. The lowest BCUT2D eigenvalue weighted by molar-refractivity contribution is 0.219. The topological polar surface area (TPSA) is 40.5 Å². The van der Waals surface area contributed by atoms with Crippen LogP contribution in [0.4, 0.5) is 0 Å². The Hall–Kier alpha value is 0.140. The van der Waals surface area contributed by atoms with E-state index in [2.05, 4.69) is 15.9 Å². The molecular weight excluding hydrogens is 184 g/mol. The summed E-state index contributed by atoms with van der Waals surface area (Å²) in [6, 6.07) is 0. The highest BCUT2D eigenvalue weighted by Crippen LogP contribution is 1.96. The maximum Gasteiger partial charge on any atom is 0.0729 e. The highest BCUT2D eigenvalue weighted by atomic mass is 79.9. The quantitative estimate of drug-likeness (QED) is 0.511.